The molecule has 1 heterocycles. The summed E-state index contributed by atoms with van der Waals surface area (Å²) in [7, 11) is 0. The van der Waals surface area contributed by atoms with E-state index in [2.05, 4.69) is 50.6 Å². The van der Waals surface area contributed by atoms with Gasteiger partial charge in [-0.05, 0) is 51.5 Å². The van der Waals surface area contributed by atoms with Crippen LogP contribution >= 0.6 is 11.6 Å². The molecule has 0 bridgehead atoms. The highest BCUT2D eigenvalue weighted by molar-refractivity contribution is 6.35. The summed E-state index contributed by atoms with van der Waals surface area (Å²) in [5, 5.41) is 1.98. The summed E-state index contributed by atoms with van der Waals surface area (Å²) in [6.45, 7) is 8.67. The van der Waals surface area contributed by atoms with Gasteiger partial charge in [0.2, 0.25) is 0 Å². The van der Waals surface area contributed by atoms with E-state index >= 15 is 0 Å². The van der Waals surface area contributed by atoms with E-state index in [1.165, 1.54) is 11.1 Å². The maximum absolute atomic E-state index is 6.21. The molecule has 0 aliphatic rings. The molecule has 0 spiro atoms. The molecule has 0 amide bonds. The minimum absolute atomic E-state index is 0.0961. The molecule has 2 heteroatoms. The van der Waals surface area contributed by atoms with Gasteiger partial charge in [-0.15, -0.1) is 0 Å². The van der Waals surface area contributed by atoms with Gasteiger partial charge in [0.25, 0.3) is 0 Å². The van der Waals surface area contributed by atoms with Gasteiger partial charge in [0, 0.05) is 17.1 Å². The second-order valence-electron chi connectivity index (χ2n) is 5.04. The molecule has 0 aliphatic heterocycles. The average molecular weight is 222 g/mol. The molecule has 1 aromatic heterocycles. The summed E-state index contributed by atoms with van der Waals surface area (Å²) >= 11 is 6.21. The summed E-state index contributed by atoms with van der Waals surface area (Å²) < 4.78 is 2.27. The van der Waals surface area contributed by atoms with Crippen molar-refractivity contribution in [2.24, 2.45) is 0 Å². The van der Waals surface area contributed by atoms with Crippen LogP contribution in [0.4, 0.5) is 0 Å². The van der Waals surface area contributed by atoms with Gasteiger partial charge in [-0.25, -0.2) is 0 Å². The fourth-order valence-electron chi connectivity index (χ4n) is 1.91. The Labute approximate surface area is 95.7 Å². The van der Waals surface area contributed by atoms with Crippen LogP contribution in [-0.2, 0) is 5.54 Å². The third-order valence-corrected chi connectivity index (χ3v) is 2.94. The highest BCUT2D eigenvalue weighted by Crippen LogP contribution is 2.29. The van der Waals surface area contributed by atoms with E-state index in [9.17, 15) is 0 Å². The van der Waals surface area contributed by atoms with E-state index in [1.807, 2.05) is 6.07 Å². The third kappa shape index (κ3) is 1.76. The molecule has 1 aromatic carbocycles. The summed E-state index contributed by atoms with van der Waals surface area (Å²) in [5.74, 6) is 0. The van der Waals surface area contributed by atoms with Crippen LogP contribution in [0.1, 0.15) is 26.3 Å². The largest absolute Gasteiger partial charge is 0.342 e. The van der Waals surface area contributed by atoms with Crippen molar-refractivity contribution in [3.63, 3.8) is 0 Å². The van der Waals surface area contributed by atoms with Crippen LogP contribution in [0.25, 0.3) is 10.9 Å². The van der Waals surface area contributed by atoms with Crippen molar-refractivity contribution in [2.45, 2.75) is 33.2 Å². The molecule has 0 atom stereocenters. The molecule has 0 radical (unpaired) electrons. The Hall–Kier alpha value is -0.950. The summed E-state index contributed by atoms with van der Waals surface area (Å²) in [6, 6.07) is 6.28. The van der Waals surface area contributed by atoms with Gasteiger partial charge in [-0.3, -0.25) is 0 Å². The minimum Gasteiger partial charge on any atom is -0.342 e. The van der Waals surface area contributed by atoms with Crippen LogP contribution in [-0.4, -0.2) is 4.57 Å². The van der Waals surface area contributed by atoms with E-state index in [0.29, 0.717) is 0 Å². The highest BCUT2D eigenvalue weighted by Gasteiger charge is 2.16. The lowest BCUT2D eigenvalue weighted by Gasteiger charge is -2.22. The molecule has 0 fully saturated rings. The second kappa shape index (κ2) is 3.28. The zero-order chi connectivity index (χ0) is 11.2. The molecular weight excluding hydrogens is 206 g/mol. The van der Waals surface area contributed by atoms with Gasteiger partial charge in [0.05, 0.1) is 10.5 Å². The van der Waals surface area contributed by atoms with Crippen molar-refractivity contribution < 1.29 is 0 Å². The zero-order valence-electron chi connectivity index (χ0n) is 9.63. The highest BCUT2D eigenvalue weighted by atomic mass is 35.5. The van der Waals surface area contributed by atoms with Crippen LogP contribution in [0.15, 0.2) is 24.4 Å². The number of nitrogens with zero attached hydrogens (tertiary/aromatic N) is 1. The van der Waals surface area contributed by atoms with E-state index in [-0.39, 0.29) is 5.54 Å². The first kappa shape index (κ1) is 10.6. The van der Waals surface area contributed by atoms with Crippen LogP contribution < -0.4 is 0 Å². The quantitative estimate of drug-likeness (QED) is 0.623. The molecule has 2 rings (SSSR count). The van der Waals surface area contributed by atoms with Crippen molar-refractivity contribution in [3.8, 4) is 0 Å². The Morgan fingerprint density at radius 3 is 2.47 bits per heavy atom. The Morgan fingerprint density at radius 2 is 1.87 bits per heavy atom. The minimum atomic E-state index is 0.0961. The van der Waals surface area contributed by atoms with Crippen LogP contribution in [0.2, 0.25) is 5.02 Å². The van der Waals surface area contributed by atoms with Crippen molar-refractivity contribution in [1.82, 2.24) is 4.57 Å². The summed E-state index contributed by atoms with van der Waals surface area (Å²) in [4.78, 5) is 0. The molecule has 0 unspecified atom stereocenters. The van der Waals surface area contributed by atoms with E-state index in [1.54, 1.807) is 0 Å². The van der Waals surface area contributed by atoms with E-state index in [0.717, 1.165) is 10.4 Å². The van der Waals surface area contributed by atoms with Gasteiger partial charge >= 0.3 is 0 Å². The smallest absolute Gasteiger partial charge is 0.0502 e. The monoisotopic (exact) mass is 221 g/mol. The Kier molecular flexibility index (Phi) is 2.31. The lowest BCUT2D eigenvalue weighted by atomic mass is 10.1. The first-order valence-corrected chi connectivity index (χ1v) is 5.55. The maximum atomic E-state index is 6.21. The summed E-state index contributed by atoms with van der Waals surface area (Å²) in [6.07, 6.45) is 2.11. The molecule has 0 N–H and O–H groups in total. The van der Waals surface area contributed by atoms with Gasteiger partial charge in [0.15, 0.2) is 0 Å². The van der Waals surface area contributed by atoms with Gasteiger partial charge in [0.1, 0.15) is 0 Å². The van der Waals surface area contributed by atoms with Crippen molar-refractivity contribution in [3.05, 3.63) is 35.0 Å². The lowest BCUT2D eigenvalue weighted by molar-refractivity contribution is 0.411. The molecule has 15 heavy (non-hydrogen) atoms. The fourth-order valence-corrected chi connectivity index (χ4v) is 2.25. The molecule has 2 aromatic rings. The lowest BCUT2D eigenvalue weighted by Crippen LogP contribution is -2.20. The molecule has 0 saturated carbocycles. The maximum Gasteiger partial charge on any atom is 0.0502 e. The standard InChI is InChI=1S/C13H16ClN/c1-9-7-11(14)10-5-6-15(12(10)8-9)13(2,3)4/h5-8H,1-4H3. The van der Waals surface area contributed by atoms with Crippen LogP contribution in [0, 0.1) is 6.92 Å². The molecule has 1 nitrogen and oxygen atoms in total. The van der Waals surface area contributed by atoms with Crippen molar-refractivity contribution >= 4 is 22.5 Å². The first-order valence-electron chi connectivity index (χ1n) is 5.17. The fraction of sp³-hybridized carbons (Fsp3) is 0.385. The van der Waals surface area contributed by atoms with Crippen LogP contribution in [0.5, 0.6) is 0 Å². The Bertz CT molecular complexity index is 503. The Morgan fingerprint density at radius 1 is 1.20 bits per heavy atom. The second-order valence-corrected chi connectivity index (χ2v) is 5.44. The van der Waals surface area contributed by atoms with Gasteiger partial charge < -0.3 is 4.57 Å². The predicted molar refractivity (Wildman–Crippen MR) is 66.7 cm³/mol. The van der Waals surface area contributed by atoms with E-state index < -0.39 is 0 Å². The molecular formula is C13H16ClN. The number of aromatic nitrogens is 1. The zero-order valence-corrected chi connectivity index (χ0v) is 10.4. The Balaban J connectivity index is 2.80. The van der Waals surface area contributed by atoms with E-state index in [4.69, 9.17) is 11.6 Å². The molecule has 0 saturated heterocycles. The number of aryl methyl sites for hydroxylation is 1. The topological polar surface area (TPSA) is 4.93 Å². The molecule has 80 valence electrons. The number of halogens is 1. The number of benzene rings is 1. The number of hydrogen-bond donors (Lipinski definition) is 0. The van der Waals surface area contributed by atoms with Crippen molar-refractivity contribution in [2.75, 3.05) is 0 Å². The summed E-state index contributed by atoms with van der Waals surface area (Å²) in [5.41, 5.74) is 2.52. The number of hydrogen-bond acceptors (Lipinski definition) is 0. The average Bonchev–Trinajstić information content (AvgIpc) is 2.45. The van der Waals surface area contributed by atoms with Gasteiger partial charge in [-0.2, -0.15) is 0 Å². The number of rotatable bonds is 0. The first-order chi connectivity index (χ1) is 6.89. The molecule has 0 aliphatic carbocycles. The normalized spacial score (nSPS) is 12.3. The third-order valence-electron chi connectivity index (χ3n) is 2.62. The van der Waals surface area contributed by atoms with Gasteiger partial charge in [-0.1, -0.05) is 11.6 Å². The number of fused-ring (bicyclic) bond motifs is 1. The van der Waals surface area contributed by atoms with Crippen LogP contribution in [0.3, 0.4) is 0 Å². The SMILES string of the molecule is Cc1cc(Cl)c2ccn(C(C)(C)C)c2c1. The van der Waals surface area contributed by atoms with Crippen molar-refractivity contribution in [1.29, 1.82) is 0 Å². The predicted octanol–water partition coefficient (Wildman–Crippen LogP) is 4.36.